The molecule has 0 radical (unpaired) electrons. The second-order valence-electron chi connectivity index (χ2n) is 3.54. The summed E-state index contributed by atoms with van der Waals surface area (Å²) in [6.07, 6.45) is 3.44. The number of aliphatic hydroxyl groups is 1. The summed E-state index contributed by atoms with van der Waals surface area (Å²) >= 11 is 5.21. The molecule has 3 heteroatoms. The van der Waals surface area contributed by atoms with Gasteiger partial charge in [0.05, 0.1) is 3.79 Å². The fourth-order valence-corrected chi connectivity index (χ4v) is 3.04. The van der Waals surface area contributed by atoms with E-state index in [1.165, 1.54) is 21.5 Å². The van der Waals surface area contributed by atoms with Crippen molar-refractivity contribution in [2.45, 2.75) is 19.3 Å². The highest BCUT2D eigenvalue weighted by Crippen LogP contribution is 2.48. The maximum absolute atomic E-state index is 9.12. The van der Waals surface area contributed by atoms with Crippen molar-refractivity contribution < 1.29 is 5.11 Å². The SMILES string of the molecule is OCC1(Cc2ccc(Br)s2)CC1. The van der Waals surface area contributed by atoms with Crippen LogP contribution in [0.2, 0.25) is 0 Å². The van der Waals surface area contributed by atoms with Crippen molar-refractivity contribution in [3.05, 3.63) is 20.8 Å². The number of aliphatic hydroxyl groups excluding tert-OH is 1. The van der Waals surface area contributed by atoms with Gasteiger partial charge in [0.15, 0.2) is 0 Å². The number of thiophene rings is 1. The first kappa shape index (κ1) is 8.73. The van der Waals surface area contributed by atoms with Crippen LogP contribution in [0.15, 0.2) is 15.9 Å². The van der Waals surface area contributed by atoms with Gasteiger partial charge in [-0.1, -0.05) is 0 Å². The Morgan fingerprint density at radius 2 is 2.25 bits per heavy atom. The van der Waals surface area contributed by atoms with E-state index in [4.69, 9.17) is 5.11 Å². The van der Waals surface area contributed by atoms with Gasteiger partial charge in [0, 0.05) is 11.5 Å². The molecule has 1 aliphatic rings. The quantitative estimate of drug-likeness (QED) is 0.870. The molecule has 0 unspecified atom stereocenters. The zero-order valence-electron chi connectivity index (χ0n) is 6.72. The maximum atomic E-state index is 9.12. The lowest BCUT2D eigenvalue weighted by molar-refractivity contribution is 0.212. The van der Waals surface area contributed by atoms with E-state index in [1.54, 1.807) is 11.3 Å². The third-order valence-corrected chi connectivity index (χ3v) is 4.09. The summed E-state index contributed by atoms with van der Waals surface area (Å²) in [6.45, 7) is 0.350. The molecular formula is C9H11BrOS. The molecule has 0 spiro atoms. The minimum absolute atomic E-state index is 0.254. The Morgan fingerprint density at radius 1 is 1.50 bits per heavy atom. The zero-order chi connectivity index (χ0) is 8.60. The fourth-order valence-electron chi connectivity index (χ4n) is 1.38. The van der Waals surface area contributed by atoms with E-state index in [0.717, 1.165) is 6.42 Å². The Labute approximate surface area is 84.6 Å². The van der Waals surface area contributed by atoms with Crippen LogP contribution in [0.1, 0.15) is 17.7 Å². The van der Waals surface area contributed by atoms with Gasteiger partial charge in [0.2, 0.25) is 0 Å². The Kier molecular flexibility index (Phi) is 2.27. The first-order valence-corrected chi connectivity index (χ1v) is 5.70. The lowest BCUT2D eigenvalue weighted by Gasteiger charge is -2.08. The van der Waals surface area contributed by atoms with E-state index in [2.05, 4.69) is 28.1 Å². The first-order valence-electron chi connectivity index (χ1n) is 4.09. The molecule has 0 atom stereocenters. The van der Waals surface area contributed by atoms with Crippen molar-refractivity contribution in [1.82, 2.24) is 0 Å². The summed E-state index contributed by atoms with van der Waals surface area (Å²) in [5.41, 5.74) is 0.254. The molecule has 66 valence electrons. The molecular weight excluding hydrogens is 236 g/mol. The Bertz CT molecular complexity index is 278. The van der Waals surface area contributed by atoms with Crippen molar-refractivity contribution >= 4 is 27.3 Å². The minimum Gasteiger partial charge on any atom is -0.396 e. The fraction of sp³-hybridized carbons (Fsp3) is 0.556. The molecule has 12 heavy (non-hydrogen) atoms. The molecule has 1 aromatic heterocycles. The normalized spacial score (nSPS) is 19.5. The molecule has 0 saturated heterocycles. The lowest BCUT2D eigenvalue weighted by Crippen LogP contribution is -2.08. The van der Waals surface area contributed by atoms with Crippen LogP contribution in [-0.4, -0.2) is 11.7 Å². The maximum Gasteiger partial charge on any atom is 0.0701 e. The third-order valence-electron chi connectivity index (χ3n) is 2.47. The van der Waals surface area contributed by atoms with Crippen LogP contribution in [-0.2, 0) is 6.42 Å². The van der Waals surface area contributed by atoms with Gasteiger partial charge in [-0.15, -0.1) is 11.3 Å². The molecule has 1 aromatic rings. The smallest absolute Gasteiger partial charge is 0.0701 e. The topological polar surface area (TPSA) is 20.2 Å². The highest BCUT2D eigenvalue weighted by molar-refractivity contribution is 9.11. The molecule has 1 saturated carbocycles. The van der Waals surface area contributed by atoms with Crippen LogP contribution in [0.5, 0.6) is 0 Å². The van der Waals surface area contributed by atoms with E-state index in [9.17, 15) is 0 Å². The van der Waals surface area contributed by atoms with E-state index in [-0.39, 0.29) is 5.41 Å². The van der Waals surface area contributed by atoms with Crippen molar-refractivity contribution in [2.24, 2.45) is 5.41 Å². The summed E-state index contributed by atoms with van der Waals surface area (Å²) in [6, 6.07) is 4.22. The van der Waals surface area contributed by atoms with E-state index in [1.807, 2.05) is 0 Å². The van der Waals surface area contributed by atoms with Gasteiger partial charge in [-0.2, -0.15) is 0 Å². The van der Waals surface area contributed by atoms with E-state index >= 15 is 0 Å². The standard InChI is InChI=1S/C9H11BrOS/c10-8-2-1-7(12-8)5-9(6-11)3-4-9/h1-2,11H,3-6H2. The van der Waals surface area contributed by atoms with Gasteiger partial charge in [-0.25, -0.2) is 0 Å². The second-order valence-corrected chi connectivity index (χ2v) is 6.09. The summed E-state index contributed by atoms with van der Waals surface area (Å²) in [7, 11) is 0. The molecule has 1 heterocycles. The van der Waals surface area contributed by atoms with Gasteiger partial charge >= 0.3 is 0 Å². The van der Waals surface area contributed by atoms with Crippen molar-refractivity contribution in [3.8, 4) is 0 Å². The van der Waals surface area contributed by atoms with Gasteiger partial charge in [-0.05, 0) is 52.7 Å². The minimum atomic E-state index is 0.254. The molecule has 1 fully saturated rings. The van der Waals surface area contributed by atoms with Crippen LogP contribution >= 0.6 is 27.3 Å². The van der Waals surface area contributed by atoms with Crippen LogP contribution in [0.4, 0.5) is 0 Å². The molecule has 1 N–H and O–H groups in total. The van der Waals surface area contributed by atoms with E-state index < -0.39 is 0 Å². The number of hydrogen-bond donors (Lipinski definition) is 1. The highest BCUT2D eigenvalue weighted by Gasteiger charge is 2.42. The molecule has 0 bridgehead atoms. The molecule has 0 aliphatic heterocycles. The third kappa shape index (κ3) is 1.73. The van der Waals surface area contributed by atoms with Crippen LogP contribution in [0.25, 0.3) is 0 Å². The Balaban J connectivity index is 2.04. The van der Waals surface area contributed by atoms with Gasteiger partial charge in [0.1, 0.15) is 0 Å². The van der Waals surface area contributed by atoms with Crippen LogP contribution in [0, 0.1) is 5.41 Å². The van der Waals surface area contributed by atoms with E-state index in [0.29, 0.717) is 6.61 Å². The van der Waals surface area contributed by atoms with Crippen molar-refractivity contribution in [3.63, 3.8) is 0 Å². The molecule has 2 rings (SSSR count). The van der Waals surface area contributed by atoms with Gasteiger partial charge in [0.25, 0.3) is 0 Å². The average Bonchev–Trinajstić information content (AvgIpc) is 2.71. The lowest BCUT2D eigenvalue weighted by atomic mass is 10.0. The van der Waals surface area contributed by atoms with Crippen LogP contribution < -0.4 is 0 Å². The summed E-state index contributed by atoms with van der Waals surface area (Å²) in [4.78, 5) is 1.38. The zero-order valence-corrected chi connectivity index (χ0v) is 9.12. The van der Waals surface area contributed by atoms with Gasteiger partial charge < -0.3 is 5.11 Å². The average molecular weight is 247 g/mol. The summed E-state index contributed by atoms with van der Waals surface area (Å²) in [5.74, 6) is 0. The summed E-state index contributed by atoms with van der Waals surface area (Å²) < 4.78 is 1.19. The number of rotatable bonds is 3. The van der Waals surface area contributed by atoms with Crippen LogP contribution in [0.3, 0.4) is 0 Å². The first-order chi connectivity index (χ1) is 5.74. The number of halogens is 1. The predicted octanol–water partition coefficient (Wildman–Crippen LogP) is 2.83. The monoisotopic (exact) mass is 246 g/mol. The second kappa shape index (κ2) is 3.13. The van der Waals surface area contributed by atoms with Crippen molar-refractivity contribution in [2.75, 3.05) is 6.61 Å². The van der Waals surface area contributed by atoms with Crippen molar-refractivity contribution in [1.29, 1.82) is 0 Å². The predicted molar refractivity (Wildman–Crippen MR) is 54.5 cm³/mol. The largest absolute Gasteiger partial charge is 0.396 e. The number of hydrogen-bond acceptors (Lipinski definition) is 2. The highest BCUT2D eigenvalue weighted by atomic mass is 79.9. The molecule has 0 amide bonds. The summed E-state index contributed by atoms with van der Waals surface area (Å²) in [5, 5.41) is 9.12. The molecule has 0 aromatic carbocycles. The Hall–Kier alpha value is 0.140. The molecule has 1 nitrogen and oxygen atoms in total. The van der Waals surface area contributed by atoms with Gasteiger partial charge in [-0.3, -0.25) is 0 Å². The molecule has 1 aliphatic carbocycles. The Morgan fingerprint density at radius 3 is 2.67 bits per heavy atom.